The summed E-state index contributed by atoms with van der Waals surface area (Å²) in [7, 11) is 0. The van der Waals surface area contributed by atoms with Crippen molar-refractivity contribution in [1.82, 2.24) is 5.32 Å². The van der Waals surface area contributed by atoms with Crippen molar-refractivity contribution >= 4 is 0 Å². The highest BCUT2D eigenvalue weighted by Gasteiger charge is 2.39. The molecule has 0 aromatic carbocycles. The zero-order valence-electron chi connectivity index (χ0n) is 7.03. The summed E-state index contributed by atoms with van der Waals surface area (Å²) in [6.45, 7) is 3.97. The second kappa shape index (κ2) is 3.05. The van der Waals surface area contributed by atoms with E-state index in [4.69, 9.17) is 0 Å². The summed E-state index contributed by atoms with van der Waals surface area (Å²) in [6.07, 6.45) is 0.688. The Hall–Kier alpha value is -0.180. The summed E-state index contributed by atoms with van der Waals surface area (Å²) in [6, 6.07) is 0.346. The monoisotopic (exact) mass is 163 g/mol. The molecular weight excluding hydrogens is 148 g/mol. The second-order valence-corrected chi connectivity index (χ2v) is 3.62. The van der Waals surface area contributed by atoms with Gasteiger partial charge in [0.1, 0.15) is 0 Å². The first-order chi connectivity index (χ1) is 4.99. The van der Waals surface area contributed by atoms with E-state index in [0.29, 0.717) is 12.5 Å². The molecule has 1 saturated carbocycles. The molecule has 0 heterocycles. The molecule has 1 aliphatic carbocycles. The third-order valence-electron chi connectivity index (χ3n) is 1.97. The predicted molar refractivity (Wildman–Crippen MR) is 40.9 cm³/mol. The summed E-state index contributed by atoms with van der Waals surface area (Å²) >= 11 is 0. The minimum Gasteiger partial charge on any atom is -0.312 e. The molecule has 11 heavy (non-hydrogen) atoms. The van der Waals surface area contributed by atoms with Crippen LogP contribution in [-0.4, -0.2) is 18.0 Å². The van der Waals surface area contributed by atoms with Crippen LogP contribution in [0.4, 0.5) is 8.78 Å². The lowest BCUT2D eigenvalue weighted by molar-refractivity contribution is 0.00672. The van der Waals surface area contributed by atoms with Gasteiger partial charge in [-0.2, -0.15) is 0 Å². The van der Waals surface area contributed by atoms with Gasteiger partial charge in [0.15, 0.2) is 0 Å². The lowest BCUT2D eigenvalue weighted by atomic mass is 10.2. The first-order valence-corrected chi connectivity index (χ1v) is 4.13. The van der Waals surface area contributed by atoms with Crippen molar-refractivity contribution in [1.29, 1.82) is 0 Å². The van der Waals surface area contributed by atoms with Gasteiger partial charge in [-0.15, -0.1) is 0 Å². The Kier molecular flexibility index (Phi) is 2.47. The molecule has 0 unspecified atom stereocenters. The van der Waals surface area contributed by atoms with Crippen LogP contribution < -0.4 is 5.32 Å². The van der Waals surface area contributed by atoms with E-state index in [0.717, 1.165) is 0 Å². The quantitative estimate of drug-likeness (QED) is 0.657. The van der Waals surface area contributed by atoms with Crippen molar-refractivity contribution in [2.45, 2.75) is 51.1 Å². The molecule has 1 rings (SSSR count). The average Bonchev–Trinajstić information content (AvgIpc) is 2.08. The third-order valence-corrected chi connectivity index (χ3v) is 1.97. The molecule has 0 saturated heterocycles. The van der Waals surface area contributed by atoms with Gasteiger partial charge in [0.05, 0.1) is 0 Å². The van der Waals surface area contributed by atoms with Gasteiger partial charge in [-0.05, 0) is 6.42 Å². The van der Waals surface area contributed by atoms with Crippen LogP contribution in [0.5, 0.6) is 0 Å². The minimum atomic E-state index is -2.41. The van der Waals surface area contributed by atoms with Crippen LogP contribution in [0.1, 0.15) is 33.1 Å². The Bertz CT molecular complexity index is 134. The highest BCUT2D eigenvalue weighted by atomic mass is 19.3. The molecule has 1 N–H and O–H groups in total. The zero-order valence-corrected chi connectivity index (χ0v) is 7.03. The molecule has 0 aliphatic heterocycles. The zero-order chi connectivity index (χ0) is 8.48. The number of hydrogen-bond donors (Lipinski definition) is 1. The summed E-state index contributed by atoms with van der Waals surface area (Å²) < 4.78 is 25.2. The van der Waals surface area contributed by atoms with Crippen molar-refractivity contribution in [2.24, 2.45) is 0 Å². The molecule has 66 valence electrons. The molecule has 3 heteroatoms. The molecular formula is C8H15F2N. The van der Waals surface area contributed by atoms with Crippen LogP contribution >= 0.6 is 0 Å². The molecule has 0 aromatic heterocycles. The lowest BCUT2D eigenvalue weighted by Crippen LogP contribution is -2.33. The molecule has 1 fully saturated rings. The van der Waals surface area contributed by atoms with Crippen LogP contribution in [-0.2, 0) is 0 Å². The number of halogens is 2. The minimum absolute atomic E-state index is 0.0190. The Labute approximate surface area is 66.2 Å². The highest BCUT2D eigenvalue weighted by Crippen LogP contribution is 2.34. The maximum Gasteiger partial charge on any atom is 0.249 e. The fourth-order valence-corrected chi connectivity index (χ4v) is 1.56. The smallest absolute Gasteiger partial charge is 0.249 e. The van der Waals surface area contributed by atoms with E-state index in [9.17, 15) is 8.78 Å². The molecule has 0 bridgehead atoms. The van der Waals surface area contributed by atoms with E-state index in [1.54, 1.807) is 0 Å². The van der Waals surface area contributed by atoms with Crippen molar-refractivity contribution in [3.63, 3.8) is 0 Å². The number of rotatable bonds is 2. The molecule has 1 atom stereocenters. The van der Waals surface area contributed by atoms with E-state index in [2.05, 4.69) is 5.32 Å². The lowest BCUT2D eigenvalue weighted by Gasteiger charge is -2.15. The predicted octanol–water partition coefficient (Wildman–Crippen LogP) is 2.17. The van der Waals surface area contributed by atoms with Crippen LogP contribution in [0.2, 0.25) is 0 Å². The van der Waals surface area contributed by atoms with Gasteiger partial charge in [-0.3, -0.25) is 0 Å². The van der Waals surface area contributed by atoms with Gasteiger partial charge >= 0.3 is 0 Å². The first-order valence-electron chi connectivity index (χ1n) is 4.13. The van der Waals surface area contributed by atoms with Crippen LogP contribution in [0.15, 0.2) is 0 Å². The Morgan fingerprint density at radius 2 is 2.09 bits per heavy atom. The van der Waals surface area contributed by atoms with Gasteiger partial charge < -0.3 is 5.32 Å². The SMILES string of the molecule is CC(C)N[C@@H]1CCC(F)(F)C1. The summed E-state index contributed by atoms with van der Waals surface area (Å²) in [5, 5.41) is 3.12. The van der Waals surface area contributed by atoms with Crippen LogP contribution in [0.25, 0.3) is 0 Å². The van der Waals surface area contributed by atoms with Gasteiger partial charge in [-0.1, -0.05) is 13.8 Å². The van der Waals surface area contributed by atoms with E-state index in [1.165, 1.54) is 0 Å². The van der Waals surface area contributed by atoms with Crippen molar-refractivity contribution < 1.29 is 8.78 Å². The Balaban J connectivity index is 2.31. The average molecular weight is 163 g/mol. The fourth-order valence-electron chi connectivity index (χ4n) is 1.56. The molecule has 0 aromatic rings. The molecule has 0 radical (unpaired) electrons. The first kappa shape index (κ1) is 8.91. The largest absolute Gasteiger partial charge is 0.312 e. The number of nitrogens with one attached hydrogen (secondary N) is 1. The van der Waals surface area contributed by atoms with Crippen molar-refractivity contribution in [3.8, 4) is 0 Å². The van der Waals surface area contributed by atoms with Gasteiger partial charge in [0.25, 0.3) is 0 Å². The summed E-state index contributed by atoms with van der Waals surface area (Å²) in [5.74, 6) is -2.41. The highest BCUT2D eigenvalue weighted by molar-refractivity contribution is 4.86. The standard InChI is InChI=1S/C8H15F2N/c1-6(2)11-7-3-4-8(9,10)5-7/h6-7,11H,3-5H2,1-2H3/t7-/m1/s1. The van der Waals surface area contributed by atoms with Crippen LogP contribution in [0, 0.1) is 0 Å². The molecule has 0 spiro atoms. The molecule has 1 nitrogen and oxygen atoms in total. The fraction of sp³-hybridized carbons (Fsp3) is 1.00. The summed E-state index contributed by atoms with van der Waals surface area (Å²) in [5.41, 5.74) is 0. The van der Waals surface area contributed by atoms with Gasteiger partial charge in [0.2, 0.25) is 5.92 Å². The topological polar surface area (TPSA) is 12.0 Å². The molecule has 1 aliphatic rings. The van der Waals surface area contributed by atoms with Gasteiger partial charge in [0, 0.05) is 24.9 Å². The third kappa shape index (κ3) is 2.73. The van der Waals surface area contributed by atoms with Gasteiger partial charge in [-0.25, -0.2) is 8.78 Å². The molecule has 0 amide bonds. The Morgan fingerprint density at radius 1 is 1.45 bits per heavy atom. The number of hydrogen-bond acceptors (Lipinski definition) is 1. The van der Waals surface area contributed by atoms with Crippen molar-refractivity contribution in [3.05, 3.63) is 0 Å². The summed E-state index contributed by atoms with van der Waals surface area (Å²) in [4.78, 5) is 0. The number of alkyl halides is 2. The Morgan fingerprint density at radius 3 is 2.45 bits per heavy atom. The second-order valence-electron chi connectivity index (χ2n) is 3.62. The van der Waals surface area contributed by atoms with E-state index in [-0.39, 0.29) is 18.9 Å². The normalized spacial score (nSPS) is 29.7. The maximum absolute atomic E-state index is 12.6. The van der Waals surface area contributed by atoms with Crippen LogP contribution in [0.3, 0.4) is 0 Å². The van der Waals surface area contributed by atoms with E-state index >= 15 is 0 Å². The van der Waals surface area contributed by atoms with Crippen molar-refractivity contribution in [2.75, 3.05) is 0 Å². The van der Waals surface area contributed by atoms with E-state index < -0.39 is 5.92 Å². The maximum atomic E-state index is 12.6. The van der Waals surface area contributed by atoms with E-state index in [1.807, 2.05) is 13.8 Å².